The van der Waals surface area contributed by atoms with Crippen molar-refractivity contribution in [2.75, 3.05) is 46.3 Å². The molecule has 3 aliphatic rings. The van der Waals surface area contributed by atoms with E-state index in [1.165, 1.54) is 38.9 Å². The van der Waals surface area contributed by atoms with Gasteiger partial charge >= 0.3 is 6.03 Å². The van der Waals surface area contributed by atoms with Gasteiger partial charge in [0.1, 0.15) is 5.54 Å². The van der Waals surface area contributed by atoms with Crippen LogP contribution in [0.15, 0.2) is 4.99 Å². The van der Waals surface area contributed by atoms with Gasteiger partial charge in [0.2, 0.25) is 0 Å². The Labute approximate surface area is 191 Å². The molecule has 0 spiro atoms. The number of carbonyl (C=O) groups excluding carboxylic acids is 2. The van der Waals surface area contributed by atoms with Crippen LogP contribution >= 0.6 is 24.0 Å². The smallest absolute Gasteiger partial charge is 0.322 e. The Kier molecular flexibility index (Phi) is 8.99. The maximum Gasteiger partial charge on any atom is 0.322 e. The van der Waals surface area contributed by atoms with E-state index in [-0.39, 0.29) is 41.8 Å². The third kappa shape index (κ3) is 5.74. The molecule has 0 aliphatic carbocycles. The monoisotopic (exact) mass is 520 g/mol. The van der Waals surface area contributed by atoms with Crippen LogP contribution in [0.1, 0.15) is 46.0 Å². The van der Waals surface area contributed by atoms with E-state index in [1.54, 1.807) is 0 Å². The average Bonchev–Trinajstić information content (AvgIpc) is 2.97. The molecular formula is C20H37IN6O2. The standard InChI is InChI=1S/C20H36N6O2.HI/c1-4-9-25-10-5-15(6-11-25)14-22-18(21-3)26-12-7-16(8-13-26)20(2)17(27)23-19(28)24-20;/h15-16H,4-14H2,1-3H3,(H,21,22)(H2,23,24,27,28);1H. The van der Waals surface area contributed by atoms with Crippen LogP contribution in [0.3, 0.4) is 0 Å². The van der Waals surface area contributed by atoms with Crippen LogP contribution in [-0.4, -0.2) is 79.6 Å². The minimum Gasteiger partial charge on any atom is -0.356 e. The van der Waals surface area contributed by atoms with Crippen molar-refractivity contribution in [2.45, 2.75) is 51.5 Å². The van der Waals surface area contributed by atoms with Crippen molar-refractivity contribution in [3.8, 4) is 0 Å². The second-order valence-electron chi connectivity index (χ2n) is 8.59. The summed E-state index contributed by atoms with van der Waals surface area (Å²) in [5.74, 6) is 1.61. The van der Waals surface area contributed by atoms with Gasteiger partial charge in [-0.2, -0.15) is 0 Å². The van der Waals surface area contributed by atoms with Crippen molar-refractivity contribution in [2.24, 2.45) is 16.8 Å². The number of nitrogens with zero attached hydrogens (tertiary/aromatic N) is 3. The minimum atomic E-state index is -0.785. The van der Waals surface area contributed by atoms with Gasteiger partial charge < -0.3 is 20.4 Å². The fourth-order valence-electron chi connectivity index (χ4n) is 4.81. The summed E-state index contributed by atoms with van der Waals surface area (Å²) in [5.41, 5.74) is -0.785. The molecule has 0 aromatic carbocycles. The molecule has 8 nitrogen and oxygen atoms in total. The number of nitrogens with one attached hydrogen (secondary N) is 3. The van der Waals surface area contributed by atoms with Crippen LogP contribution in [0.4, 0.5) is 4.79 Å². The molecule has 0 bridgehead atoms. The highest BCUT2D eigenvalue weighted by Gasteiger charge is 2.48. The number of imide groups is 1. The molecule has 1 unspecified atom stereocenters. The predicted octanol–water partition coefficient (Wildman–Crippen LogP) is 1.61. The Morgan fingerprint density at radius 2 is 1.83 bits per heavy atom. The molecular weight excluding hydrogens is 483 g/mol. The molecule has 29 heavy (non-hydrogen) atoms. The van der Waals surface area contributed by atoms with Crippen molar-refractivity contribution >= 4 is 41.9 Å². The van der Waals surface area contributed by atoms with E-state index in [1.807, 2.05) is 14.0 Å². The molecule has 1 atom stereocenters. The number of hydrogen-bond donors (Lipinski definition) is 3. The summed E-state index contributed by atoms with van der Waals surface area (Å²) in [7, 11) is 1.84. The van der Waals surface area contributed by atoms with Gasteiger partial charge in [-0.3, -0.25) is 15.1 Å². The number of carbonyl (C=O) groups is 2. The Bertz CT molecular complexity index is 600. The molecule has 3 aliphatic heterocycles. The minimum absolute atomic E-state index is 0. The number of hydrogen-bond acceptors (Lipinski definition) is 4. The SMILES string of the molecule is CCCN1CCC(CNC(=NC)N2CCC(C3(C)NC(=O)NC3=O)CC2)CC1.I. The first-order valence-electron chi connectivity index (χ1n) is 10.8. The zero-order chi connectivity index (χ0) is 20.1. The van der Waals surface area contributed by atoms with Crippen LogP contribution in [0.5, 0.6) is 0 Å². The van der Waals surface area contributed by atoms with Gasteiger partial charge in [-0.1, -0.05) is 6.92 Å². The van der Waals surface area contributed by atoms with E-state index < -0.39 is 5.54 Å². The molecule has 3 saturated heterocycles. The van der Waals surface area contributed by atoms with Crippen LogP contribution in [0.2, 0.25) is 0 Å². The van der Waals surface area contributed by atoms with Gasteiger partial charge in [-0.25, -0.2) is 4.79 Å². The van der Waals surface area contributed by atoms with E-state index in [4.69, 9.17) is 0 Å². The molecule has 0 saturated carbocycles. The fraction of sp³-hybridized carbons (Fsp3) is 0.850. The summed E-state index contributed by atoms with van der Waals surface area (Å²) in [6, 6.07) is -0.377. The van der Waals surface area contributed by atoms with Crippen molar-refractivity contribution in [3.05, 3.63) is 0 Å². The lowest BCUT2D eigenvalue weighted by Gasteiger charge is -2.40. The number of halogens is 1. The summed E-state index contributed by atoms with van der Waals surface area (Å²) >= 11 is 0. The number of aliphatic imine (C=N–C) groups is 1. The molecule has 9 heteroatoms. The molecule has 3 amide bonds. The molecule has 0 aromatic heterocycles. The molecule has 3 N–H and O–H groups in total. The first kappa shape index (κ1) is 24.2. The topological polar surface area (TPSA) is 89.1 Å². The van der Waals surface area contributed by atoms with E-state index >= 15 is 0 Å². The molecule has 3 rings (SSSR count). The zero-order valence-electron chi connectivity index (χ0n) is 18.0. The van der Waals surface area contributed by atoms with Crippen LogP contribution in [-0.2, 0) is 4.79 Å². The number of urea groups is 1. The lowest BCUT2D eigenvalue weighted by molar-refractivity contribution is -0.125. The van der Waals surface area contributed by atoms with E-state index in [0.717, 1.165) is 38.4 Å². The molecule has 0 aromatic rings. The van der Waals surface area contributed by atoms with Crippen LogP contribution < -0.4 is 16.0 Å². The van der Waals surface area contributed by atoms with Crippen molar-refractivity contribution in [1.29, 1.82) is 0 Å². The van der Waals surface area contributed by atoms with Gasteiger partial charge in [0, 0.05) is 26.7 Å². The third-order valence-electron chi connectivity index (χ3n) is 6.69. The summed E-state index contributed by atoms with van der Waals surface area (Å²) in [5, 5.41) is 8.77. The Morgan fingerprint density at radius 1 is 1.17 bits per heavy atom. The fourth-order valence-corrected chi connectivity index (χ4v) is 4.81. The quantitative estimate of drug-likeness (QED) is 0.222. The Hall–Kier alpha value is -1.10. The average molecular weight is 520 g/mol. The van der Waals surface area contributed by atoms with Gasteiger partial charge in [0.15, 0.2) is 5.96 Å². The number of guanidine groups is 1. The van der Waals surface area contributed by atoms with E-state index in [0.29, 0.717) is 5.92 Å². The third-order valence-corrected chi connectivity index (χ3v) is 6.69. The largest absolute Gasteiger partial charge is 0.356 e. The van der Waals surface area contributed by atoms with Gasteiger partial charge in [0.25, 0.3) is 5.91 Å². The first-order chi connectivity index (χ1) is 13.5. The van der Waals surface area contributed by atoms with E-state index in [9.17, 15) is 9.59 Å². The molecule has 166 valence electrons. The van der Waals surface area contributed by atoms with Crippen molar-refractivity contribution in [3.63, 3.8) is 0 Å². The normalized spacial score (nSPS) is 27.4. The highest BCUT2D eigenvalue weighted by atomic mass is 127. The van der Waals surface area contributed by atoms with Crippen LogP contribution in [0.25, 0.3) is 0 Å². The lowest BCUT2D eigenvalue weighted by Crippen LogP contribution is -2.55. The number of piperidine rings is 2. The maximum atomic E-state index is 12.2. The van der Waals surface area contributed by atoms with E-state index in [2.05, 4.69) is 37.7 Å². The lowest BCUT2D eigenvalue weighted by atomic mass is 9.79. The van der Waals surface area contributed by atoms with Gasteiger partial charge in [-0.15, -0.1) is 24.0 Å². The van der Waals surface area contributed by atoms with Crippen molar-refractivity contribution < 1.29 is 9.59 Å². The second-order valence-corrected chi connectivity index (χ2v) is 8.59. The number of amides is 3. The summed E-state index contributed by atoms with van der Waals surface area (Å²) < 4.78 is 0. The summed E-state index contributed by atoms with van der Waals surface area (Å²) in [6.45, 7) is 10.4. The van der Waals surface area contributed by atoms with Gasteiger partial charge in [-0.05, 0) is 70.5 Å². The number of likely N-dealkylation sites (tertiary alicyclic amines) is 2. The number of rotatable bonds is 5. The first-order valence-corrected chi connectivity index (χ1v) is 10.8. The predicted molar refractivity (Wildman–Crippen MR) is 126 cm³/mol. The van der Waals surface area contributed by atoms with Crippen molar-refractivity contribution in [1.82, 2.24) is 25.8 Å². The summed E-state index contributed by atoms with van der Waals surface area (Å²) in [6.07, 6.45) is 5.45. The highest BCUT2D eigenvalue weighted by Crippen LogP contribution is 2.30. The van der Waals surface area contributed by atoms with Crippen LogP contribution in [0, 0.1) is 11.8 Å². The Balaban J connectivity index is 0.00000300. The summed E-state index contributed by atoms with van der Waals surface area (Å²) in [4.78, 5) is 33.0. The van der Waals surface area contributed by atoms with Gasteiger partial charge in [0.05, 0.1) is 0 Å². The molecule has 0 radical (unpaired) electrons. The molecule has 3 fully saturated rings. The second kappa shape index (κ2) is 10.8. The Morgan fingerprint density at radius 3 is 2.34 bits per heavy atom. The molecule has 3 heterocycles. The highest BCUT2D eigenvalue weighted by molar-refractivity contribution is 14.0. The maximum absolute atomic E-state index is 12.2. The zero-order valence-corrected chi connectivity index (χ0v) is 20.3.